The van der Waals surface area contributed by atoms with Gasteiger partial charge < -0.3 is 0 Å². The molecule has 0 unspecified atom stereocenters. The molecule has 0 heteroatoms. The van der Waals surface area contributed by atoms with Gasteiger partial charge in [0.05, 0.1) is 0 Å². The van der Waals surface area contributed by atoms with Crippen molar-refractivity contribution < 1.29 is 0 Å². The summed E-state index contributed by atoms with van der Waals surface area (Å²) >= 11 is 0. The molecule has 0 amide bonds. The van der Waals surface area contributed by atoms with Crippen LogP contribution in [0.2, 0.25) is 0 Å². The minimum absolute atomic E-state index is 0.779. The molecule has 0 radical (unpaired) electrons. The summed E-state index contributed by atoms with van der Waals surface area (Å²) in [6.45, 7) is 11.3. The quantitative estimate of drug-likeness (QED) is 0.574. The second-order valence-electron chi connectivity index (χ2n) is 5.97. The monoisotopic (exact) mass is 218 g/mol. The summed E-state index contributed by atoms with van der Waals surface area (Å²) in [6.07, 6.45) is 9.28. The van der Waals surface area contributed by atoms with Crippen LogP contribution in [0.15, 0.2) is 23.8 Å². The average molecular weight is 218 g/mol. The lowest BCUT2D eigenvalue weighted by atomic mass is 9.61. The first kappa shape index (κ1) is 12.0. The van der Waals surface area contributed by atoms with E-state index >= 15 is 0 Å². The second-order valence-corrected chi connectivity index (χ2v) is 5.97. The summed E-state index contributed by atoms with van der Waals surface area (Å²) in [5.41, 5.74) is 3.11. The fourth-order valence-electron chi connectivity index (χ4n) is 3.79. The lowest BCUT2D eigenvalue weighted by molar-refractivity contribution is 0.134. The second kappa shape index (κ2) is 4.77. The van der Waals surface area contributed by atoms with Crippen LogP contribution in [0, 0.1) is 23.7 Å². The normalized spacial score (nSPS) is 38.8. The molecule has 0 spiro atoms. The maximum absolute atomic E-state index is 4.31. The SMILES string of the molecule is C=C(CC)[C@@H]1CC[C@@H](C)[C@@H]2CCC(C)=C[C@@H]21. The summed E-state index contributed by atoms with van der Waals surface area (Å²) in [4.78, 5) is 0. The van der Waals surface area contributed by atoms with E-state index in [1.807, 2.05) is 0 Å². The fraction of sp³-hybridized carbons (Fsp3) is 0.750. The van der Waals surface area contributed by atoms with E-state index in [2.05, 4.69) is 33.4 Å². The van der Waals surface area contributed by atoms with Gasteiger partial charge in [-0.15, -0.1) is 0 Å². The topological polar surface area (TPSA) is 0 Å². The lowest BCUT2D eigenvalue weighted by Gasteiger charge is -2.44. The molecule has 4 atom stereocenters. The Hall–Kier alpha value is -0.520. The molecule has 0 N–H and O–H groups in total. The summed E-state index contributed by atoms with van der Waals surface area (Å²) < 4.78 is 0. The molecule has 0 aromatic heterocycles. The maximum atomic E-state index is 4.31. The molecule has 0 bridgehead atoms. The van der Waals surface area contributed by atoms with Gasteiger partial charge >= 0.3 is 0 Å². The van der Waals surface area contributed by atoms with Gasteiger partial charge in [-0.05, 0) is 62.7 Å². The van der Waals surface area contributed by atoms with Gasteiger partial charge in [-0.3, -0.25) is 0 Å². The highest BCUT2D eigenvalue weighted by Crippen LogP contribution is 2.47. The molecular weight excluding hydrogens is 192 g/mol. The van der Waals surface area contributed by atoms with Crippen molar-refractivity contribution in [2.75, 3.05) is 0 Å². The van der Waals surface area contributed by atoms with Crippen LogP contribution in [0.5, 0.6) is 0 Å². The van der Waals surface area contributed by atoms with E-state index in [0.717, 1.165) is 30.1 Å². The smallest absolute Gasteiger partial charge is 0.0134 e. The van der Waals surface area contributed by atoms with Crippen molar-refractivity contribution in [2.24, 2.45) is 23.7 Å². The van der Waals surface area contributed by atoms with Crippen molar-refractivity contribution in [1.82, 2.24) is 0 Å². The molecule has 0 heterocycles. The van der Waals surface area contributed by atoms with Crippen LogP contribution in [0.1, 0.15) is 52.9 Å². The standard InChI is InChI=1S/C16H26/c1-5-12(3)14-9-7-13(4)15-8-6-11(2)10-16(14)15/h10,13-16H,3,5-9H2,1-2,4H3/t13-,14+,15+,16-/m1/s1. The first-order chi connectivity index (χ1) is 7.63. The highest BCUT2D eigenvalue weighted by molar-refractivity contribution is 5.16. The minimum Gasteiger partial charge on any atom is -0.0996 e. The Morgan fingerprint density at radius 2 is 2.12 bits per heavy atom. The van der Waals surface area contributed by atoms with Crippen LogP contribution >= 0.6 is 0 Å². The van der Waals surface area contributed by atoms with Crippen LogP contribution in [0.4, 0.5) is 0 Å². The van der Waals surface area contributed by atoms with E-state index in [0.29, 0.717) is 0 Å². The van der Waals surface area contributed by atoms with E-state index in [1.165, 1.54) is 31.3 Å². The molecule has 0 aliphatic heterocycles. The molecule has 0 nitrogen and oxygen atoms in total. The fourth-order valence-corrected chi connectivity index (χ4v) is 3.79. The first-order valence-corrected chi connectivity index (χ1v) is 6.98. The van der Waals surface area contributed by atoms with Gasteiger partial charge in [-0.1, -0.05) is 37.6 Å². The van der Waals surface area contributed by atoms with Crippen molar-refractivity contribution in [3.8, 4) is 0 Å². The minimum atomic E-state index is 0.779. The van der Waals surface area contributed by atoms with Crippen LogP contribution < -0.4 is 0 Å². The predicted octanol–water partition coefficient (Wildman–Crippen LogP) is 4.97. The molecular formula is C16H26. The number of rotatable bonds is 2. The Kier molecular flexibility index (Phi) is 3.56. The molecule has 0 aromatic rings. The summed E-state index contributed by atoms with van der Waals surface area (Å²) in [5, 5.41) is 0. The molecule has 0 aromatic carbocycles. The van der Waals surface area contributed by atoms with Crippen LogP contribution in [0.25, 0.3) is 0 Å². The largest absolute Gasteiger partial charge is 0.0996 e. The number of fused-ring (bicyclic) bond motifs is 1. The summed E-state index contributed by atoms with van der Waals surface area (Å²) in [7, 11) is 0. The number of hydrogen-bond acceptors (Lipinski definition) is 0. The van der Waals surface area contributed by atoms with Crippen LogP contribution in [0.3, 0.4) is 0 Å². The van der Waals surface area contributed by atoms with Crippen molar-refractivity contribution in [3.63, 3.8) is 0 Å². The molecule has 2 aliphatic rings. The van der Waals surface area contributed by atoms with Gasteiger partial charge in [0.25, 0.3) is 0 Å². The Labute approximate surface area is 101 Å². The molecule has 1 fully saturated rings. The molecule has 90 valence electrons. The zero-order valence-electron chi connectivity index (χ0n) is 11.1. The van der Waals surface area contributed by atoms with E-state index in [4.69, 9.17) is 0 Å². The van der Waals surface area contributed by atoms with Crippen molar-refractivity contribution in [1.29, 1.82) is 0 Å². The Bertz CT molecular complexity index is 297. The highest BCUT2D eigenvalue weighted by atomic mass is 14.4. The van der Waals surface area contributed by atoms with Crippen LogP contribution in [-0.4, -0.2) is 0 Å². The third-order valence-electron chi connectivity index (χ3n) is 4.95. The van der Waals surface area contributed by atoms with Gasteiger partial charge in [-0.2, -0.15) is 0 Å². The zero-order chi connectivity index (χ0) is 11.7. The third-order valence-corrected chi connectivity index (χ3v) is 4.95. The Balaban J connectivity index is 2.22. The predicted molar refractivity (Wildman–Crippen MR) is 71.3 cm³/mol. The van der Waals surface area contributed by atoms with Crippen molar-refractivity contribution in [3.05, 3.63) is 23.8 Å². The van der Waals surface area contributed by atoms with Crippen LogP contribution in [-0.2, 0) is 0 Å². The van der Waals surface area contributed by atoms with Gasteiger partial charge in [0.2, 0.25) is 0 Å². The van der Waals surface area contributed by atoms with E-state index in [-0.39, 0.29) is 0 Å². The average Bonchev–Trinajstić information content (AvgIpc) is 2.28. The summed E-state index contributed by atoms with van der Waals surface area (Å²) in [5.74, 6) is 3.45. The van der Waals surface area contributed by atoms with E-state index in [1.54, 1.807) is 5.57 Å². The maximum Gasteiger partial charge on any atom is -0.0134 e. The Morgan fingerprint density at radius 1 is 1.38 bits per heavy atom. The first-order valence-electron chi connectivity index (χ1n) is 6.98. The zero-order valence-corrected chi connectivity index (χ0v) is 11.1. The van der Waals surface area contributed by atoms with Gasteiger partial charge in [0, 0.05) is 0 Å². The molecule has 1 saturated carbocycles. The molecule has 0 saturated heterocycles. The number of allylic oxidation sites excluding steroid dienone is 3. The molecule has 2 aliphatic carbocycles. The van der Waals surface area contributed by atoms with E-state index in [9.17, 15) is 0 Å². The lowest BCUT2D eigenvalue weighted by Crippen LogP contribution is -2.35. The van der Waals surface area contributed by atoms with Gasteiger partial charge in [0.15, 0.2) is 0 Å². The Morgan fingerprint density at radius 3 is 2.81 bits per heavy atom. The van der Waals surface area contributed by atoms with Crippen molar-refractivity contribution >= 4 is 0 Å². The van der Waals surface area contributed by atoms with E-state index < -0.39 is 0 Å². The number of hydrogen-bond donors (Lipinski definition) is 0. The molecule has 16 heavy (non-hydrogen) atoms. The van der Waals surface area contributed by atoms with Crippen molar-refractivity contribution in [2.45, 2.75) is 52.9 Å². The van der Waals surface area contributed by atoms with Gasteiger partial charge in [0.1, 0.15) is 0 Å². The highest BCUT2D eigenvalue weighted by Gasteiger charge is 2.38. The molecule has 2 rings (SSSR count). The van der Waals surface area contributed by atoms with Gasteiger partial charge in [-0.25, -0.2) is 0 Å². The summed E-state index contributed by atoms with van der Waals surface area (Å²) in [6, 6.07) is 0. The third kappa shape index (κ3) is 2.12.